The lowest BCUT2D eigenvalue weighted by molar-refractivity contribution is -0.133. The van der Waals surface area contributed by atoms with E-state index in [0.29, 0.717) is 17.7 Å². The highest BCUT2D eigenvalue weighted by Gasteiger charge is 2.30. The highest BCUT2D eigenvalue weighted by molar-refractivity contribution is 5.76. The van der Waals surface area contributed by atoms with Crippen LogP contribution >= 0.6 is 0 Å². The summed E-state index contributed by atoms with van der Waals surface area (Å²) in [4.78, 5) is 14.2. The lowest BCUT2D eigenvalue weighted by Gasteiger charge is -2.39. The van der Waals surface area contributed by atoms with E-state index in [1.165, 1.54) is 12.8 Å². The highest BCUT2D eigenvalue weighted by atomic mass is 16.2. The fraction of sp³-hybridized carbons (Fsp3) is 0.938. The lowest BCUT2D eigenvalue weighted by atomic mass is 9.75. The number of hydrogen-bond donors (Lipinski definition) is 0. The van der Waals surface area contributed by atoms with Crippen molar-refractivity contribution in [3.8, 4) is 0 Å². The van der Waals surface area contributed by atoms with E-state index in [2.05, 4.69) is 46.4 Å². The van der Waals surface area contributed by atoms with Crippen LogP contribution in [-0.4, -0.2) is 23.9 Å². The van der Waals surface area contributed by atoms with Gasteiger partial charge < -0.3 is 4.90 Å². The fourth-order valence-electron chi connectivity index (χ4n) is 2.63. The molecule has 0 atom stereocenters. The van der Waals surface area contributed by atoms with Gasteiger partial charge in [-0.1, -0.05) is 41.5 Å². The zero-order valence-electron chi connectivity index (χ0n) is 13.2. The third kappa shape index (κ3) is 4.99. The molecule has 0 bridgehead atoms. The molecule has 1 saturated heterocycles. The maximum atomic E-state index is 12.1. The van der Waals surface area contributed by atoms with Gasteiger partial charge in [-0.2, -0.15) is 0 Å². The molecule has 0 N–H and O–H groups in total. The maximum absolute atomic E-state index is 12.1. The number of amides is 1. The first kappa shape index (κ1) is 15.5. The van der Waals surface area contributed by atoms with Gasteiger partial charge in [0, 0.05) is 19.5 Å². The second kappa shape index (κ2) is 5.63. The Bertz CT molecular complexity index is 274. The summed E-state index contributed by atoms with van der Waals surface area (Å²) in [6.45, 7) is 15.5. The van der Waals surface area contributed by atoms with Crippen molar-refractivity contribution in [3.63, 3.8) is 0 Å². The van der Waals surface area contributed by atoms with Gasteiger partial charge in [0.2, 0.25) is 5.91 Å². The fourth-order valence-corrected chi connectivity index (χ4v) is 2.63. The van der Waals surface area contributed by atoms with E-state index >= 15 is 0 Å². The van der Waals surface area contributed by atoms with Crippen LogP contribution in [0.5, 0.6) is 0 Å². The monoisotopic (exact) mass is 253 g/mol. The molecule has 0 radical (unpaired) electrons. The SMILES string of the molecule is CC(C)(C)CCC(=O)N1CCC(C(C)(C)C)CC1. The summed E-state index contributed by atoms with van der Waals surface area (Å²) in [5.74, 6) is 1.13. The molecule has 18 heavy (non-hydrogen) atoms. The van der Waals surface area contributed by atoms with E-state index in [4.69, 9.17) is 0 Å². The van der Waals surface area contributed by atoms with Gasteiger partial charge in [-0.15, -0.1) is 0 Å². The van der Waals surface area contributed by atoms with Crippen LogP contribution in [0.25, 0.3) is 0 Å². The quantitative estimate of drug-likeness (QED) is 0.725. The van der Waals surface area contributed by atoms with Crippen molar-refractivity contribution in [2.45, 2.75) is 67.2 Å². The Labute approximate surface area is 113 Å². The summed E-state index contributed by atoms with van der Waals surface area (Å²) >= 11 is 0. The molecule has 0 aromatic rings. The molecule has 0 aromatic heterocycles. The standard InChI is InChI=1S/C16H31NO/c1-15(2,3)10-7-14(18)17-11-8-13(9-12-17)16(4,5)6/h13H,7-12H2,1-6H3. The molecule has 1 fully saturated rings. The summed E-state index contributed by atoms with van der Waals surface area (Å²) in [6, 6.07) is 0. The predicted molar refractivity (Wildman–Crippen MR) is 77.4 cm³/mol. The van der Waals surface area contributed by atoms with Gasteiger partial charge in [-0.25, -0.2) is 0 Å². The van der Waals surface area contributed by atoms with Gasteiger partial charge >= 0.3 is 0 Å². The summed E-state index contributed by atoms with van der Waals surface area (Å²) in [6.07, 6.45) is 4.05. The molecular formula is C16H31NO. The summed E-state index contributed by atoms with van der Waals surface area (Å²) in [5, 5.41) is 0. The number of carbonyl (C=O) groups is 1. The molecule has 1 heterocycles. The van der Waals surface area contributed by atoms with Gasteiger partial charge in [0.15, 0.2) is 0 Å². The van der Waals surface area contributed by atoms with Crippen LogP contribution in [0.4, 0.5) is 0 Å². The molecule has 0 unspecified atom stereocenters. The molecular weight excluding hydrogens is 222 g/mol. The number of nitrogens with zero attached hydrogens (tertiary/aromatic N) is 1. The maximum Gasteiger partial charge on any atom is 0.222 e. The van der Waals surface area contributed by atoms with Crippen LogP contribution in [0.3, 0.4) is 0 Å². The Balaban J connectivity index is 2.37. The lowest BCUT2D eigenvalue weighted by Crippen LogP contribution is -2.41. The zero-order valence-corrected chi connectivity index (χ0v) is 13.2. The molecule has 1 aliphatic rings. The second-order valence-corrected chi connectivity index (χ2v) is 8.08. The molecule has 0 aliphatic carbocycles. The zero-order chi connectivity index (χ0) is 14.0. The Morgan fingerprint density at radius 2 is 1.56 bits per heavy atom. The van der Waals surface area contributed by atoms with Crippen molar-refractivity contribution in [1.29, 1.82) is 0 Å². The van der Waals surface area contributed by atoms with Gasteiger partial charge in [-0.3, -0.25) is 4.79 Å². The van der Waals surface area contributed by atoms with Crippen LogP contribution < -0.4 is 0 Å². The number of likely N-dealkylation sites (tertiary alicyclic amines) is 1. The molecule has 1 amide bonds. The van der Waals surface area contributed by atoms with E-state index in [1.807, 2.05) is 0 Å². The van der Waals surface area contributed by atoms with E-state index in [1.54, 1.807) is 0 Å². The molecule has 0 aromatic carbocycles. The number of carbonyl (C=O) groups excluding carboxylic acids is 1. The van der Waals surface area contributed by atoms with Crippen molar-refractivity contribution >= 4 is 5.91 Å². The first-order chi connectivity index (χ1) is 8.09. The van der Waals surface area contributed by atoms with Gasteiger partial charge in [0.1, 0.15) is 0 Å². The smallest absolute Gasteiger partial charge is 0.222 e. The van der Waals surface area contributed by atoms with E-state index in [0.717, 1.165) is 25.4 Å². The number of hydrogen-bond acceptors (Lipinski definition) is 1. The third-order valence-electron chi connectivity index (χ3n) is 4.16. The Hall–Kier alpha value is -0.530. The van der Waals surface area contributed by atoms with Crippen LogP contribution in [0, 0.1) is 16.7 Å². The van der Waals surface area contributed by atoms with Crippen LogP contribution in [0.15, 0.2) is 0 Å². The molecule has 106 valence electrons. The van der Waals surface area contributed by atoms with Crippen molar-refractivity contribution in [1.82, 2.24) is 4.90 Å². The van der Waals surface area contributed by atoms with Crippen LogP contribution in [0.2, 0.25) is 0 Å². The van der Waals surface area contributed by atoms with E-state index in [-0.39, 0.29) is 5.41 Å². The topological polar surface area (TPSA) is 20.3 Å². The Kier molecular flexibility index (Phi) is 4.85. The molecule has 0 saturated carbocycles. The van der Waals surface area contributed by atoms with Gasteiger partial charge in [0.05, 0.1) is 0 Å². The summed E-state index contributed by atoms with van der Waals surface area (Å²) in [7, 11) is 0. The first-order valence-electron chi connectivity index (χ1n) is 7.37. The van der Waals surface area contributed by atoms with Crippen molar-refractivity contribution in [3.05, 3.63) is 0 Å². The molecule has 2 heteroatoms. The normalized spacial score (nSPS) is 19.1. The minimum atomic E-state index is 0.263. The Morgan fingerprint density at radius 1 is 1.06 bits per heavy atom. The Morgan fingerprint density at radius 3 is 1.94 bits per heavy atom. The van der Waals surface area contributed by atoms with Crippen LogP contribution in [-0.2, 0) is 4.79 Å². The highest BCUT2D eigenvalue weighted by Crippen LogP contribution is 2.34. The minimum absolute atomic E-state index is 0.263. The van der Waals surface area contributed by atoms with Crippen molar-refractivity contribution in [2.75, 3.05) is 13.1 Å². The summed E-state index contributed by atoms with van der Waals surface area (Å²) in [5.41, 5.74) is 0.653. The number of rotatable bonds is 2. The van der Waals surface area contributed by atoms with Crippen molar-refractivity contribution < 1.29 is 4.79 Å². The first-order valence-corrected chi connectivity index (χ1v) is 7.37. The molecule has 1 rings (SSSR count). The van der Waals surface area contributed by atoms with E-state index in [9.17, 15) is 4.79 Å². The van der Waals surface area contributed by atoms with E-state index < -0.39 is 0 Å². The third-order valence-corrected chi connectivity index (χ3v) is 4.16. The predicted octanol–water partition coefficient (Wildman–Crippen LogP) is 4.10. The van der Waals surface area contributed by atoms with Gasteiger partial charge in [0.25, 0.3) is 0 Å². The summed E-state index contributed by atoms with van der Waals surface area (Å²) < 4.78 is 0. The molecule has 2 nitrogen and oxygen atoms in total. The average Bonchev–Trinajstić information content (AvgIpc) is 2.24. The number of piperidine rings is 1. The largest absolute Gasteiger partial charge is 0.343 e. The van der Waals surface area contributed by atoms with Crippen molar-refractivity contribution in [2.24, 2.45) is 16.7 Å². The molecule has 1 aliphatic heterocycles. The average molecular weight is 253 g/mol. The van der Waals surface area contributed by atoms with Crippen LogP contribution in [0.1, 0.15) is 67.2 Å². The molecule has 0 spiro atoms. The van der Waals surface area contributed by atoms with Gasteiger partial charge in [-0.05, 0) is 36.0 Å². The second-order valence-electron chi connectivity index (χ2n) is 8.08. The minimum Gasteiger partial charge on any atom is -0.343 e.